The molecule has 0 aromatic heterocycles. The van der Waals surface area contributed by atoms with Crippen LogP contribution in [0.3, 0.4) is 0 Å². The Hall–Kier alpha value is -0.380. The Bertz CT molecular complexity index is 281. The van der Waals surface area contributed by atoms with Gasteiger partial charge in [-0.25, -0.2) is 0 Å². The normalized spacial score (nSPS) is 33.6. The van der Waals surface area contributed by atoms with Gasteiger partial charge in [-0.15, -0.1) is 0 Å². The Balaban J connectivity index is 1.97. The maximum atomic E-state index is 12.0. The molecule has 2 atom stereocenters. The van der Waals surface area contributed by atoms with Crippen LogP contribution in [0, 0.1) is 17.8 Å². The maximum absolute atomic E-state index is 12.0. The van der Waals surface area contributed by atoms with E-state index in [1.165, 1.54) is 4.90 Å². The van der Waals surface area contributed by atoms with Crippen LogP contribution < -0.4 is 0 Å². The first kappa shape index (κ1) is 12.1. The van der Waals surface area contributed by atoms with Crippen molar-refractivity contribution in [3.63, 3.8) is 0 Å². The van der Waals surface area contributed by atoms with Crippen molar-refractivity contribution in [2.45, 2.75) is 32.6 Å². The van der Waals surface area contributed by atoms with E-state index in [0.717, 1.165) is 31.0 Å². The number of alkyl halides is 1. The molecule has 1 aliphatic heterocycles. The number of hydrogen-bond donors (Lipinski definition) is 0. The summed E-state index contributed by atoms with van der Waals surface area (Å²) in [5.41, 5.74) is 0. The van der Waals surface area contributed by atoms with Gasteiger partial charge >= 0.3 is 0 Å². The number of unbranched alkanes of at least 4 members (excludes halogenated alkanes) is 1. The fraction of sp³-hybridized carbons (Fsp3) is 0.833. The quantitative estimate of drug-likeness (QED) is 0.452. The molecule has 2 fully saturated rings. The smallest absolute Gasteiger partial charge is 0.233 e. The molecule has 90 valence electrons. The molecule has 1 heterocycles. The highest BCUT2D eigenvalue weighted by Gasteiger charge is 2.51. The number of likely N-dealkylation sites (tertiary alicyclic amines) is 1. The van der Waals surface area contributed by atoms with Crippen LogP contribution in [-0.2, 0) is 9.59 Å². The number of imide groups is 1. The molecular formula is C12H18BrNO2. The third-order valence-corrected chi connectivity index (χ3v) is 4.29. The molecule has 3 nitrogen and oxygen atoms in total. The number of hydrogen-bond acceptors (Lipinski definition) is 2. The number of fused-ring (bicyclic) bond motifs is 1. The average Bonchev–Trinajstić information content (AvgIpc) is 2.72. The second-order valence-corrected chi connectivity index (χ2v) is 5.81. The predicted molar refractivity (Wildman–Crippen MR) is 65.1 cm³/mol. The minimum absolute atomic E-state index is 0.00599. The lowest BCUT2D eigenvalue weighted by Crippen LogP contribution is -2.33. The monoisotopic (exact) mass is 287 g/mol. The molecular weight excluding hydrogens is 270 g/mol. The zero-order chi connectivity index (χ0) is 11.7. The summed E-state index contributed by atoms with van der Waals surface area (Å²) in [6.45, 7) is 2.75. The zero-order valence-corrected chi connectivity index (χ0v) is 11.2. The molecule has 4 heteroatoms. The Morgan fingerprint density at radius 2 is 1.75 bits per heavy atom. The van der Waals surface area contributed by atoms with Crippen molar-refractivity contribution in [3.05, 3.63) is 0 Å². The summed E-state index contributed by atoms with van der Waals surface area (Å²) in [5.74, 6) is 0.730. The Kier molecular flexibility index (Phi) is 3.67. The molecule has 1 saturated carbocycles. The van der Waals surface area contributed by atoms with E-state index in [1.807, 2.05) is 0 Å². The lowest BCUT2D eigenvalue weighted by Gasteiger charge is -2.16. The van der Waals surface area contributed by atoms with Crippen molar-refractivity contribution in [2.24, 2.45) is 17.8 Å². The average molecular weight is 288 g/mol. The predicted octanol–water partition coefficient (Wildman–Crippen LogP) is 2.19. The molecule has 0 bridgehead atoms. The summed E-state index contributed by atoms with van der Waals surface area (Å²) < 4.78 is 0. The van der Waals surface area contributed by atoms with Gasteiger partial charge in [0.15, 0.2) is 0 Å². The lowest BCUT2D eigenvalue weighted by molar-refractivity contribution is -0.140. The van der Waals surface area contributed by atoms with Gasteiger partial charge in [0.1, 0.15) is 0 Å². The maximum Gasteiger partial charge on any atom is 0.233 e. The van der Waals surface area contributed by atoms with Gasteiger partial charge in [-0.1, -0.05) is 22.9 Å². The Morgan fingerprint density at radius 1 is 1.19 bits per heavy atom. The Morgan fingerprint density at radius 3 is 2.25 bits per heavy atom. The zero-order valence-electron chi connectivity index (χ0n) is 9.62. The van der Waals surface area contributed by atoms with E-state index < -0.39 is 0 Å². The molecule has 0 aromatic carbocycles. The van der Waals surface area contributed by atoms with Gasteiger partial charge in [0.25, 0.3) is 0 Å². The van der Waals surface area contributed by atoms with E-state index in [1.54, 1.807) is 0 Å². The van der Waals surface area contributed by atoms with E-state index in [0.29, 0.717) is 12.5 Å². The van der Waals surface area contributed by atoms with Gasteiger partial charge < -0.3 is 0 Å². The summed E-state index contributed by atoms with van der Waals surface area (Å²) in [4.78, 5) is 25.6. The van der Waals surface area contributed by atoms with Gasteiger partial charge in [-0.2, -0.15) is 0 Å². The fourth-order valence-electron chi connectivity index (χ4n) is 2.93. The minimum Gasteiger partial charge on any atom is -0.282 e. The van der Waals surface area contributed by atoms with Crippen molar-refractivity contribution >= 4 is 27.7 Å². The van der Waals surface area contributed by atoms with Crippen molar-refractivity contribution in [1.29, 1.82) is 0 Å². The standard InChI is InChI=1S/C12H18BrNO2/c1-8-6-9-10(7-8)12(16)14(11(9)15)5-3-2-4-13/h8-10H,2-7H2,1H3. The van der Waals surface area contributed by atoms with Crippen LogP contribution in [0.5, 0.6) is 0 Å². The van der Waals surface area contributed by atoms with Crippen LogP contribution in [0.4, 0.5) is 0 Å². The molecule has 1 aliphatic carbocycles. The van der Waals surface area contributed by atoms with E-state index in [2.05, 4.69) is 22.9 Å². The second-order valence-electron chi connectivity index (χ2n) is 5.01. The Labute approximate surface area is 105 Å². The molecule has 2 rings (SSSR count). The van der Waals surface area contributed by atoms with Gasteiger partial charge in [0.05, 0.1) is 11.8 Å². The third kappa shape index (κ3) is 2.04. The number of nitrogens with zero attached hydrogens (tertiary/aromatic N) is 1. The first-order chi connectivity index (χ1) is 7.65. The number of halogens is 1. The highest BCUT2D eigenvalue weighted by atomic mass is 79.9. The van der Waals surface area contributed by atoms with Gasteiger partial charge in [0.2, 0.25) is 11.8 Å². The molecule has 16 heavy (non-hydrogen) atoms. The third-order valence-electron chi connectivity index (χ3n) is 3.73. The summed E-state index contributed by atoms with van der Waals surface area (Å²) in [7, 11) is 0. The van der Waals surface area contributed by atoms with Crippen molar-refractivity contribution in [1.82, 2.24) is 4.90 Å². The van der Waals surface area contributed by atoms with Crippen LogP contribution in [0.25, 0.3) is 0 Å². The molecule has 0 radical (unpaired) electrons. The first-order valence-electron chi connectivity index (χ1n) is 6.06. The van der Waals surface area contributed by atoms with Gasteiger partial charge in [-0.3, -0.25) is 14.5 Å². The molecule has 2 unspecified atom stereocenters. The SMILES string of the molecule is CC1CC2C(=O)N(CCCCBr)C(=O)C2C1. The molecule has 0 aromatic rings. The van der Waals surface area contributed by atoms with Crippen LogP contribution in [0.2, 0.25) is 0 Å². The van der Waals surface area contributed by atoms with Crippen LogP contribution in [0.15, 0.2) is 0 Å². The molecule has 0 N–H and O–H groups in total. The lowest BCUT2D eigenvalue weighted by atomic mass is 10.00. The number of carbonyl (C=O) groups excluding carboxylic acids is 2. The number of carbonyl (C=O) groups is 2. The first-order valence-corrected chi connectivity index (χ1v) is 7.18. The fourth-order valence-corrected chi connectivity index (χ4v) is 3.33. The highest BCUT2D eigenvalue weighted by Crippen LogP contribution is 2.42. The van der Waals surface area contributed by atoms with Gasteiger partial charge in [-0.05, 0) is 31.6 Å². The summed E-state index contributed by atoms with van der Waals surface area (Å²) >= 11 is 3.36. The second kappa shape index (κ2) is 4.86. The van der Waals surface area contributed by atoms with Crippen LogP contribution in [0.1, 0.15) is 32.6 Å². The molecule has 0 spiro atoms. The topological polar surface area (TPSA) is 37.4 Å². The number of rotatable bonds is 4. The summed E-state index contributed by atoms with van der Waals surface area (Å²) in [6, 6.07) is 0. The highest BCUT2D eigenvalue weighted by molar-refractivity contribution is 9.09. The molecule has 2 aliphatic rings. The van der Waals surface area contributed by atoms with E-state index in [9.17, 15) is 9.59 Å². The van der Waals surface area contributed by atoms with Crippen LogP contribution in [-0.4, -0.2) is 28.6 Å². The van der Waals surface area contributed by atoms with Crippen molar-refractivity contribution in [2.75, 3.05) is 11.9 Å². The molecule has 2 amide bonds. The molecule has 1 saturated heterocycles. The minimum atomic E-state index is 0.00599. The van der Waals surface area contributed by atoms with E-state index in [-0.39, 0.29) is 23.7 Å². The van der Waals surface area contributed by atoms with E-state index >= 15 is 0 Å². The van der Waals surface area contributed by atoms with Crippen LogP contribution >= 0.6 is 15.9 Å². The van der Waals surface area contributed by atoms with Crippen molar-refractivity contribution < 1.29 is 9.59 Å². The number of amides is 2. The van der Waals surface area contributed by atoms with Crippen molar-refractivity contribution in [3.8, 4) is 0 Å². The van der Waals surface area contributed by atoms with Gasteiger partial charge in [0, 0.05) is 11.9 Å². The van der Waals surface area contributed by atoms with E-state index in [4.69, 9.17) is 0 Å². The summed E-state index contributed by atoms with van der Waals surface area (Å²) in [5, 5.41) is 0.938. The summed E-state index contributed by atoms with van der Waals surface area (Å²) in [6.07, 6.45) is 3.74. The largest absolute Gasteiger partial charge is 0.282 e.